The Morgan fingerprint density at radius 3 is 2.58 bits per heavy atom. The first-order chi connectivity index (χ1) is 11.7. The topological polar surface area (TPSA) is 73.3 Å². The highest BCUT2D eigenvalue weighted by molar-refractivity contribution is 5.77. The number of amides is 1. The minimum atomic E-state index is -0.168. The molecule has 24 heavy (non-hydrogen) atoms. The number of aromatic nitrogens is 2. The van der Waals surface area contributed by atoms with Crippen molar-refractivity contribution in [2.75, 3.05) is 13.7 Å². The third kappa shape index (κ3) is 3.82. The van der Waals surface area contributed by atoms with Gasteiger partial charge >= 0.3 is 0 Å². The van der Waals surface area contributed by atoms with Gasteiger partial charge in [0.15, 0.2) is 6.61 Å². The lowest BCUT2D eigenvalue weighted by Gasteiger charge is -2.18. The number of nitrogens with one attached hydrogen (secondary N) is 1. The SMILES string of the molecule is CNC(=O)COc1ccc(Oc2nc(C)nc3c2CCCC3)cc1. The van der Waals surface area contributed by atoms with E-state index in [0.29, 0.717) is 17.4 Å². The quantitative estimate of drug-likeness (QED) is 0.914. The molecule has 0 atom stereocenters. The van der Waals surface area contributed by atoms with Gasteiger partial charge in [-0.2, -0.15) is 4.98 Å². The van der Waals surface area contributed by atoms with Crippen LogP contribution < -0.4 is 14.8 Å². The molecule has 1 heterocycles. The molecule has 0 unspecified atom stereocenters. The second-order valence-electron chi connectivity index (χ2n) is 5.74. The fraction of sp³-hybridized carbons (Fsp3) is 0.389. The Kier molecular flexibility index (Phi) is 4.93. The summed E-state index contributed by atoms with van der Waals surface area (Å²) in [4.78, 5) is 20.2. The molecule has 1 aromatic carbocycles. The van der Waals surface area contributed by atoms with Gasteiger partial charge in [-0.1, -0.05) is 0 Å². The van der Waals surface area contributed by atoms with Crippen LogP contribution in [0.25, 0.3) is 0 Å². The summed E-state index contributed by atoms with van der Waals surface area (Å²) in [5.41, 5.74) is 2.22. The summed E-state index contributed by atoms with van der Waals surface area (Å²) in [6, 6.07) is 7.18. The Morgan fingerprint density at radius 1 is 1.12 bits per heavy atom. The van der Waals surface area contributed by atoms with Crippen LogP contribution in [0.15, 0.2) is 24.3 Å². The molecule has 0 fully saturated rings. The van der Waals surface area contributed by atoms with Crippen LogP contribution in [0.1, 0.15) is 29.9 Å². The summed E-state index contributed by atoms with van der Waals surface area (Å²) in [6.07, 6.45) is 4.25. The van der Waals surface area contributed by atoms with E-state index in [9.17, 15) is 4.79 Å². The van der Waals surface area contributed by atoms with Crippen LogP contribution in [0.3, 0.4) is 0 Å². The van der Waals surface area contributed by atoms with E-state index in [-0.39, 0.29) is 12.5 Å². The number of aryl methyl sites for hydroxylation is 2. The first-order valence-electron chi connectivity index (χ1n) is 8.13. The van der Waals surface area contributed by atoms with Gasteiger partial charge in [0.25, 0.3) is 5.91 Å². The predicted molar refractivity (Wildman–Crippen MR) is 89.5 cm³/mol. The zero-order valence-electron chi connectivity index (χ0n) is 14.0. The molecule has 1 aliphatic rings. The molecule has 126 valence electrons. The number of fused-ring (bicyclic) bond motifs is 1. The molecule has 6 heteroatoms. The van der Waals surface area contributed by atoms with Crippen molar-refractivity contribution in [2.24, 2.45) is 0 Å². The lowest BCUT2D eigenvalue weighted by molar-refractivity contribution is -0.122. The number of hydrogen-bond acceptors (Lipinski definition) is 5. The Bertz CT molecular complexity index is 729. The molecule has 0 aliphatic heterocycles. The number of carbonyl (C=O) groups excluding carboxylic acids is 1. The average molecular weight is 327 g/mol. The third-order valence-electron chi connectivity index (χ3n) is 3.94. The average Bonchev–Trinajstić information content (AvgIpc) is 2.60. The summed E-state index contributed by atoms with van der Waals surface area (Å²) < 4.78 is 11.4. The summed E-state index contributed by atoms with van der Waals surface area (Å²) in [5, 5.41) is 2.51. The standard InChI is InChI=1S/C18H21N3O3/c1-12-20-16-6-4-3-5-15(16)18(21-12)24-14-9-7-13(8-10-14)23-11-17(22)19-2/h7-10H,3-6,11H2,1-2H3,(H,19,22). The normalized spacial score (nSPS) is 13.1. The largest absolute Gasteiger partial charge is 0.484 e. The zero-order chi connectivity index (χ0) is 16.9. The van der Waals surface area contributed by atoms with Gasteiger partial charge in [0, 0.05) is 12.6 Å². The minimum absolute atomic E-state index is 0.00465. The lowest BCUT2D eigenvalue weighted by atomic mass is 9.97. The molecular formula is C18H21N3O3. The van der Waals surface area contributed by atoms with Gasteiger partial charge in [-0.15, -0.1) is 0 Å². The fourth-order valence-corrected chi connectivity index (χ4v) is 2.70. The molecule has 0 saturated heterocycles. The smallest absolute Gasteiger partial charge is 0.257 e. The zero-order valence-corrected chi connectivity index (χ0v) is 14.0. The van der Waals surface area contributed by atoms with Crippen LogP contribution in [0.4, 0.5) is 0 Å². The monoisotopic (exact) mass is 327 g/mol. The molecule has 1 aliphatic carbocycles. The predicted octanol–water partition coefficient (Wildman–Crippen LogP) is 2.58. The van der Waals surface area contributed by atoms with Crippen molar-refractivity contribution in [1.82, 2.24) is 15.3 Å². The maximum Gasteiger partial charge on any atom is 0.257 e. The highest BCUT2D eigenvalue weighted by atomic mass is 16.5. The van der Waals surface area contributed by atoms with E-state index in [1.54, 1.807) is 19.2 Å². The fourth-order valence-electron chi connectivity index (χ4n) is 2.70. The number of nitrogens with zero attached hydrogens (tertiary/aromatic N) is 2. The van der Waals surface area contributed by atoms with Crippen molar-refractivity contribution < 1.29 is 14.3 Å². The number of hydrogen-bond donors (Lipinski definition) is 1. The molecule has 1 N–H and O–H groups in total. The van der Waals surface area contributed by atoms with Crippen molar-refractivity contribution in [2.45, 2.75) is 32.6 Å². The number of benzene rings is 1. The molecule has 0 bridgehead atoms. The van der Waals surface area contributed by atoms with Crippen molar-refractivity contribution in [3.63, 3.8) is 0 Å². The first-order valence-corrected chi connectivity index (χ1v) is 8.13. The summed E-state index contributed by atoms with van der Waals surface area (Å²) in [5.74, 6) is 2.52. The van der Waals surface area contributed by atoms with E-state index in [1.807, 2.05) is 19.1 Å². The van der Waals surface area contributed by atoms with Gasteiger partial charge in [0.2, 0.25) is 5.88 Å². The van der Waals surface area contributed by atoms with E-state index >= 15 is 0 Å². The minimum Gasteiger partial charge on any atom is -0.484 e. The summed E-state index contributed by atoms with van der Waals surface area (Å²) in [7, 11) is 1.58. The highest BCUT2D eigenvalue weighted by Crippen LogP contribution is 2.31. The van der Waals surface area contributed by atoms with Gasteiger partial charge in [-0.05, 0) is 56.9 Å². The molecule has 1 aromatic heterocycles. The van der Waals surface area contributed by atoms with Gasteiger partial charge in [0.1, 0.15) is 17.3 Å². The molecular weight excluding hydrogens is 306 g/mol. The molecule has 0 radical (unpaired) electrons. The number of ether oxygens (including phenoxy) is 2. The van der Waals surface area contributed by atoms with E-state index in [2.05, 4.69) is 15.3 Å². The third-order valence-corrected chi connectivity index (χ3v) is 3.94. The molecule has 0 spiro atoms. The Hall–Kier alpha value is -2.63. The second kappa shape index (κ2) is 7.29. The van der Waals surface area contributed by atoms with Crippen molar-refractivity contribution in [3.8, 4) is 17.4 Å². The highest BCUT2D eigenvalue weighted by Gasteiger charge is 2.18. The molecule has 0 saturated carbocycles. The molecule has 6 nitrogen and oxygen atoms in total. The van der Waals surface area contributed by atoms with Crippen molar-refractivity contribution >= 4 is 5.91 Å². The molecule has 1 amide bonds. The summed E-state index contributed by atoms with van der Waals surface area (Å²) >= 11 is 0. The maximum absolute atomic E-state index is 11.2. The van der Waals surface area contributed by atoms with E-state index < -0.39 is 0 Å². The summed E-state index contributed by atoms with van der Waals surface area (Å²) in [6.45, 7) is 1.88. The molecule has 3 rings (SSSR count). The van der Waals surface area contributed by atoms with Crippen LogP contribution in [-0.4, -0.2) is 29.5 Å². The Morgan fingerprint density at radius 2 is 1.83 bits per heavy atom. The first kappa shape index (κ1) is 16.2. The second-order valence-corrected chi connectivity index (χ2v) is 5.74. The van der Waals surface area contributed by atoms with Crippen LogP contribution in [-0.2, 0) is 17.6 Å². The Balaban J connectivity index is 1.72. The van der Waals surface area contributed by atoms with Gasteiger partial charge in [0.05, 0.1) is 5.69 Å². The van der Waals surface area contributed by atoms with Gasteiger partial charge in [-0.25, -0.2) is 4.98 Å². The number of rotatable bonds is 5. The lowest BCUT2D eigenvalue weighted by Crippen LogP contribution is -2.24. The van der Waals surface area contributed by atoms with Gasteiger partial charge < -0.3 is 14.8 Å². The van der Waals surface area contributed by atoms with Crippen molar-refractivity contribution in [1.29, 1.82) is 0 Å². The van der Waals surface area contributed by atoms with E-state index in [0.717, 1.165) is 36.3 Å². The van der Waals surface area contributed by atoms with Crippen LogP contribution in [0.2, 0.25) is 0 Å². The van der Waals surface area contributed by atoms with Crippen LogP contribution in [0.5, 0.6) is 17.4 Å². The Labute approximate surface area is 141 Å². The van der Waals surface area contributed by atoms with E-state index in [4.69, 9.17) is 9.47 Å². The molecule has 2 aromatic rings. The number of carbonyl (C=O) groups is 1. The van der Waals surface area contributed by atoms with E-state index in [1.165, 1.54) is 6.42 Å². The van der Waals surface area contributed by atoms with Crippen LogP contribution in [0, 0.1) is 6.92 Å². The van der Waals surface area contributed by atoms with Crippen molar-refractivity contribution in [3.05, 3.63) is 41.3 Å². The maximum atomic E-state index is 11.2. The van der Waals surface area contributed by atoms with Crippen LogP contribution >= 0.6 is 0 Å². The number of likely N-dealkylation sites (N-methyl/N-ethyl adjacent to an activating group) is 1. The van der Waals surface area contributed by atoms with Gasteiger partial charge in [-0.3, -0.25) is 4.79 Å².